The molecule has 3 heteroatoms. The largest absolute Gasteiger partial charge is 0.340 e. The highest BCUT2D eigenvalue weighted by molar-refractivity contribution is 6.07. The first-order valence-electron chi connectivity index (χ1n) is 5.38. The number of imidazole rings is 1. The minimum Gasteiger partial charge on any atom is -0.340 e. The van der Waals surface area contributed by atoms with Crippen LogP contribution in [-0.2, 0) is 7.05 Å². The molecule has 0 saturated heterocycles. The first-order valence-corrected chi connectivity index (χ1v) is 5.38. The number of aromatic nitrogens is 2. The van der Waals surface area contributed by atoms with Gasteiger partial charge in [0.1, 0.15) is 5.69 Å². The fraction of sp³-hybridized carbons (Fsp3) is 0.500. The van der Waals surface area contributed by atoms with Crippen LogP contribution in [0, 0.1) is 5.92 Å². The fourth-order valence-electron chi connectivity index (χ4n) is 1.87. The summed E-state index contributed by atoms with van der Waals surface area (Å²) in [7, 11) is 1.88. The SMILES string of the molecule is CC1CC=C(C(=O)c2cn(C)cn2)CC1. The average molecular weight is 204 g/mol. The van der Waals surface area contributed by atoms with Crippen LogP contribution in [0.15, 0.2) is 24.2 Å². The Balaban J connectivity index is 2.15. The van der Waals surface area contributed by atoms with Crippen LogP contribution in [0.3, 0.4) is 0 Å². The number of ketones is 1. The highest BCUT2D eigenvalue weighted by Crippen LogP contribution is 2.24. The number of hydrogen-bond acceptors (Lipinski definition) is 2. The van der Waals surface area contributed by atoms with E-state index in [2.05, 4.69) is 18.0 Å². The molecule has 1 atom stereocenters. The van der Waals surface area contributed by atoms with E-state index in [1.807, 2.05) is 7.05 Å². The Morgan fingerprint density at radius 2 is 2.40 bits per heavy atom. The summed E-state index contributed by atoms with van der Waals surface area (Å²) >= 11 is 0. The van der Waals surface area contributed by atoms with E-state index in [1.165, 1.54) is 0 Å². The highest BCUT2D eigenvalue weighted by atomic mass is 16.1. The molecule has 1 unspecified atom stereocenters. The van der Waals surface area contributed by atoms with Crippen LogP contribution in [-0.4, -0.2) is 15.3 Å². The molecule has 2 rings (SSSR count). The van der Waals surface area contributed by atoms with Crippen molar-refractivity contribution in [2.45, 2.75) is 26.2 Å². The molecule has 80 valence electrons. The van der Waals surface area contributed by atoms with Gasteiger partial charge in [0.15, 0.2) is 0 Å². The Morgan fingerprint density at radius 3 is 2.93 bits per heavy atom. The van der Waals surface area contributed by atoms with Crippen molar-refractivity contribution < 1.29 is 4.79 Å². The second-order valence-corrected chi connectivity index (χ2v) is 4.36. The summed E-state index contributed by atoms with van der Waals surface area (Å²) in [6.45, 7) is 2.22. The van der Waals surface area contributed by atoms with Crippen LogP contribution in [0.1, 0.15) is 36.7 Å². The number of nitrogens with zero attached hydrogens (tertiary/aromatic N) is 2. The number of allylic oxidation sites excluding steroid dienone is 2. The molecular weight excluding hydrogens is 188 g/mol. The number of aryl methyl sites for hydroxylation is 1. The van der Waals surface area contributed by atoms with Crippen LogP contribution in [0.2, 0.25) is 0 Å². The molecule has 0 amide bonds. The van der Waals surface area contributed by atoms with Crippen molar-refractivity contribution >= 4 is 5.78 Å². The standard InChI is InChI=1S/C12H16N2O/c1-9-3-5-10(6-4-9)12(15)11-7-14(2)8-13-11/h5,7-9H,3-4,6H2,1-2H3. The molecule has 0 aromatic carbocycles. The molecule has 0 radical (unpaired) electrons. The normalized spacial score (nSPS) is 21.2. The Kier molecular flexibility index (Phi) is 2.71. The molecule has 0 spiro atoms. The van der Waals surface area contributed by atoms with Crippen molar-refractivity contribution in [1.82, 2.24) is 9.55 Å². The van der Waals surface area contributed by atoms with E-state index in [1.54, 1.807) is 17.1 Å². The lowest BCUT2D eigenvalue weighted by molar-refractivity contribution is 0.102. The van der Waals surface area contributed by atoms with Gasteiger partial charge < -0.3 is 4.57 Å². The zero-order valence-corrected chi connectivity index (χ0v) is 9.23. The van der Waals surface area contributed by atoms with Gasteiger partial charge in [-0.15, -0.1) is 0 Å². The lowest BCUT2D eigenvalue weighted by Crippen LogP contribution is -2.10. The summed E-state index contributed by atoms with van der Waals surface area (Å²) in [5.41, 5.74) is 1.50. The molecule has 3 nitrogen and oxygen atoms in total. The molecule has 1 aromatic heterocycles. The van der Waals surface area contributed by atoms with E-state index >= 15 is 0 Å². The van der Waals surface area contributed by atoms with Crippen LogP contribution >= 0.6 is 0 Å². The number of carbonyl (C=O) groups is 1. The summed E-state index contributed by atoms with van der Waals surface area (Å²) in [5.74, 6) is 0.813. The quantitative estimate of drug-likeness (QED) is 0.693. The number of hydrogen-bond donors (Lipinski definition) is 0. The molecule has 1 heterocycles. The number of carbonyl (C=O) groups excluding carboxylic acids is 1. The molecule has 15 heavy (non-hydrogen) atoms. The van der Waals surface area contributed by atoms with Crippen LogP contribution < -0.4 is 0 Å². The third-order valence-electron chi connectivity index (χ3n) is 2.90. The smallest absolute Gasteiger partial charge is 0.208 e. The zero-order chi connectivity index (χ0) is 10.8. The second-order valence-electron chi connectivity index (χ2n) is 4.36. The Morgan fingerprint density at radius 1 is 1.60 bits per heavy atom. The lowest BCUT2D eigenvalue weighted by atomic mass is 9.89. The fourth-order valence-corrected chi connectivity index (χ4v) is 1.87. The summed E-state index contributed by atoms with van der Waals surface area (Å²) < 4.78 is 1.80. The first-order chi connectivity index (χ1) is 7.16. The minimum atomic E-state index is 0.0995. The molecule has 0 bridgehead atoms. The maximum atomic E-state index is 12.0. The van der Waals surface area contributed by atoms with Gasteiger partial charge in [-0.2, -0.15) is 0 Å². The molecule has 0 fully saturated rings. The molecule has 1 aliphatic carbocycles. The summed E-state index contributed by atoms with van der Waals surface area (Å²) in [4.78, 5) is 16.1. The third kappa shape index (κ3) is 2.17. The van der Waals surface area contributed by atoms with Gasteiger partial charge in [-0.05, 0) is 30.8 Å². The van der Waals surface area contributed by atoms with Crippen molar-refractivity contribution in [3.05, 3.63) is 29.9 Å². The molecule has 0 N–H and O–H groups in total. The molecule has 0 aliphatic heterocycles. The van der Waals surface area contributed by atoms with Crippen molar-refractivity contribution in [2.75, 3.05) is 0 Å². The monoisotopic (exact) mass is 204 g/mol. The van der Waals surface area contributed by atoms with Crippen molar-refractivity contribution in [1.29, 1.82) is 0 Å². The van der Waals surface area contributed by atoms with E-state index in [9.17, 15) is 4.79 Å². The maximum absolute atomic E-state index is 12.0. The molecule has 0 saturated carbocycles. The van der Waals surface area contributed by atoms with Gasteiger partial charge in [0.05, 0.1) is 6.33 Å². The van der Waals surface area contributed by atoms with E-state index in [4.69, 9.17) is 0 Å². The van der Waals surface area contributed by atoms with Crippen molar-refractivity contribution in [3.63, 3.8) is 0 Å². The molecule has 1 aliphatic rings. The van der Waals surface area contributed by atoms with Gasteiger partial charge in [0.2, 0.25) is 5.78 Å². The molecular formula is C12H16N2O. The topological polar surface area (TPSA) is 34.9 Å². The number of rotatable bonds is 2. The third-order valence-corrected chi connectivity index (χ3v) is 2.90. The maximum Gasteiger partial charge on any atom is 0.208 e. The average Bonchev–Trinajstić information content (AvgIpc) is 2.65. The Bertz CT molecular complexity index is 404. The van der Waals surface area contributed by atoms with E-state index in [0.29, 0.717) is 11.6 Å². The Labute approximate surface area is 89.8 Å². The minimum absolute atomic E-state index is 0.0995. The lowest BCUT2D eigenvalue weighted by Gasteiger charge is -2.16. The van der Waals surface area contributed by atoms with Crippen LogP contribution in [0.25, 0.3) is 0 Å². The zero-order valence-electron chi connectivity index (χ0n) is 9.23. The second kappa shape index (κ2) is 4.01. The predicted molar refractivity (Wildman–Crippen MR) is 58.6 cm³/mol. The summed E-state index contributed by atoms with van der Waals surface area (Å²) in [5, 5.41) is 0. The van der Waals surface area contributed by atoms with Gasteiger partial charge in [-0.3, -0.25) is 4.79 Å². The van der Waals surface area contributed by atoms with Gasteiger partial charge in [0.25, 0.3) is 0 Å². The predicted octanol–water partition coefficient (Wildman–Crippen LogP) is 2.35. The van der Waals surface area contributed by atoms with Crippen molar-refractivity contribution in [3.8, 4) is 0 Å². The van der Waals surface area contributed by atoms with E-state index < -0.39 is 0 Å². The van der Waals surface area contributed by atoms with Crippen LogP contribution in [0.5, 0.6) is 0 Å². The van der Waals surface area contributed by atoms with Crippen LogP contribution in [0.4, 0.5) is 0 Å². The van der Waals surface area contributed by atoms with E-state index in [0.717, 1.165) is 24.8 Å². The highest BCUT2D eigenvalue weighted by Gasteiger charge is 2.18. The van der Waals surface area contributed by atoms with Gasteiger partial charge in [-0.1, -0.05) is 13.0 Å². The van der Waals surface area contributed by atoms with Gasteiger partial charge in [-0.25, -0.2) is 4.98 Å². The van der Waals surface area contributed by atoms with Crippen molar-refractivity contribution in [2.24, 2.45) is 13.0 Å². The Hall–Kier alpha value is -1.38. The van der Waals surface area contributed by atoms with Gasteiger partial charge in [0, 0.05) is 13.2 Å². The van der Waals surface area contributed by atoms with Gasteiger partial charge >= 0.3 is 0 Å². The first kappa shape index (κ1) is 10.1. The molecule has 1 aromatic rings. The summed E-state index contributed by atoms with van der Waals surface area (Å²) in [6.07, 6.45) is 8.56. The van der Waals surface area contributed by atoms with E-state index in [-0.39, 0.29) is 5.78 Å². The summed E-state index contributed by atoms with van der Waals surface area (Å²) in [6, 6.07) is 0. The number of Topliss-reactive ketones (excluding diaryl/α,β-unsaturated/α-hetero) is 1.